The van der Waals surface area contributed by atoms with Gasteiger partial charge in [0.1, 0.15) is 0 Å². The second-order valence-electron chi connectivity index (χ2n) is 3.59. The molecule has 1 rings (SSSR count). The van der Waals surface area contributed by atoms with Gasteiger partial charge in [0.15, 0.2) is 0 Å². The molecule has 0 bridgehead atoms. The minimum atomic E-state index is -0.145. The number of amides is 1. The SMILES string of the molecule is Cc1ccc(NC(=O)[C@H](C)SCCO)cc1. The lowest BCUT2D eigenvalue weighted by Crippen LogP contribution is -2.23. The van der Waals surface area contributed by atoms with Crippen LogP contribution in [0, 0.1) is 6.92 Å². The van der Waals surface area contributed by atoms with E-state index in [-0.39, 0.29) is 17.8 Å². The second kappa shape index (κ2) is 6.55. The fourth-order valence-corrected chi connectivity index (χ4v) is 1.86. The highest BCUT2D eigenvalue weighted by molar-refractivity contribution is 8.00. The summed E-state index contributed by atoms with van der Waals surface area (Å²) in [5, 5.41) is 11.4. The van der Waals surface area contributed by atoms with Crippen LogP contribution >= 0.6 is 11.8 Å². The summed E-state index contributed by atoms with van der Waals surface area (Å²) in [6.45, 7) is 3.95. The normalized spacial score (nSPS) is 12.2. The van der Waals surface area contributed by atoms with Crippen molar-refractivity contribution in [3.63, 3.8) is 0 Å². The number of nitrogens with one attached hydrogen (secondary N) is 1. The molecule has 2 N–H and O–H groups in total. The number of carbonyl (C=O) groups is 1. The molecule has 1 aromatic carbocycles. The van der Waals surface area contributed by atoms with E-state index in [1.165, 1.54) is 17.3 Å². The highest BCUT2D eigenvalue weighted by Gasteiger charge is 2.12. The van der Waals surface area contributed by atoms with Crippen molar-refractivity contribution < 1.29 is 9.90 Å². The summed E-state index contributed by atoms with van der Waals surface area (Å²) in [7, 11) is 0. The zero-order valence-corrected chi connectivity index (χ0v) is 10.4. The van der Waals surface area contributed by atoms with E-state index in [4.69, 9.17) is 5.11 Å². The van der Waals surface area contributed by atoms with E-state index in [1.54, 1.807) is 0 Å². The van der Waals surface area contributed by atoms with Crippen LogP contribution < -0.4 is 5.32 Å². The maximum atomic E-state index is 11.7. The highest BCUT2D eigenvalue weighted by Crippen LogP contribution is 2.14. The first-order chi connectivity index (χ1) is 7.63. The summed E-state index contributed by atoms with van der Waals surface area (Å²) >= 11 is 1.44. The van der Waals surface area contributed by atoms with Gasteiger partial charge in [-0.15, -0.1) is 11.8 Å². The molecule has 0 aromatic heterocycles. The molecule has 0 aliphatic carbocycles. The second-order valence-corrected chi connectivity index (χ2v) is 5.04. The first-order valence-electron chi connectivity index (χ1n) is 5.23. The molecule has 0 unspecified atom stereocenters. The molecule has 0 aliphatic rings. The Hall–Kier alpha value is -1.00. The molecule has 0 saturated carbocycles. The third-order valence-corrected chi connectivity index (χ3v) is 3.28. The molecule has 16 heavy (non-hydrogen) atoms. The van der Waals surface area contributed by atoms with Crippen molar-refractivity contribution in [1.29, 1.82) is 0 Å². The molecular formula is C12H17NO2S. The summed E-state index contributed by atoms with van der Waals surface area (Å²) in [5.41, 5.74) is 1.98. The number of aliphatic hydroxyl groups excluding tert-OH is 1. The number of aryl methyl sites for hydroxylation is 1. The van der Waals surface area contributed by atoms with Crippen LogP contribution in [-0.4, -0.2) is 28.6 Å². The van der Waals surface area contributed by atoms with Gasteiger partial charge in [0, 0.05) is 11.4 Å². The van der Waals surface area contributed by atoms with Crippen molar-refractivity contribution in [2.24, 2.45) is 0 Å². The molecule has 1 amide bonds. The first-order valence-corrected chi connectivity index (χ1v) is 6.28. The Labute approximate surface area is 100 Å². The number of thioether (sulfide) groups is 1. The predicted molar refractivity (Wildman–Crippen MR) is 68.8 cm³/mol. The first kappa shape index (κ1) is 13.1. The van der Waals surface area contributed by atoms with Crippen LogP contribution in [0.25, 0.3) is 0 Å². The number of hydrogen-bond donors (Lipinski definition) is 2. The Balaban J connectivity index is 2.47. The van der Waals surface area contributed by atoms with Crippen molar-refractivity contribution in [1.82, 2.24) is 0 Å². The highest BCUT2D eigenvalue weighted by atomic mass is 32.2. The predicted octanol–water partition coefficient (Wildman–Crippen LogP) is 2.05. The molecule has 0 radical (unpaired) electrons. The lowest BCUT2D eigenvalue weighted by atomic mass is 10.2. The average Bonchev–Trinajstić information content (AvgIpc) is 2.29. The third kappa shape index (κ3) is 4.24. The van der Waals surface area contributed by atoms with Crippen molar-refractivity contribution >= 4 is 23.4 Å². The van der Waals surface area contributed by atoms with E-state index < -0.39 is 0 Å². The summed E-state index contributed by atoms with van der Waals surface area (Å²) in [5.74, 6) is 0.560. The molecule has 0 saturated heterocycles. The quantitative estimate of drug-likeness (QED) is 0.826. The lowest BCUT2D eigenvalue weighted by molar-refractivity contribution is -0.115. The molecule has 88 valence electrons. The van der Waals surface area contributed by atoms with Crippen LogP contribution in [0.5, 0.6) is 0 Å². The van der Waals surface area contributed by atoms with Crippen LogP contribution in [0.1, 0.15) is 12.5 Å². The topological polar surface area (TPSA) is 49.3 Å². The van der Waals surface area contributed by atoms with Crippen molar-refractivity contribution in [3.05, 3.63) is 29.8 Å². The maximum absolute atomic E-state index is 11.7. The van der Waals surface area contributed by atoms with Crippen molar-refractivity contribution in [3.8, 4) is 0 Å². The number of carbonyl (C=O) groups excluding carboxylic acids is 1. The molecule has 0 fully saturated rings. The monoisotopic (exact) mass is 239 g/mol. The molecule has 3 nitrogen and oxygen atoms in total. The van der Waals surface area contributed by atoms with Crippen LogP contribution in [-0.2, 0) is 4.79 Å². The molecule has 4 heteroatoms. The van der Waals surface area contributed by atoms with Crippen LogP contribution in [0.2, 0.25) is 0 Å². The van der Waals surface area contributed by atoms with Crippen LogP contribution in [0.3, 0.4) is 0 Å². The Morgan fingerprint density at radius 2 is 2.06 bits per heavy atom. The van der Waals surface area contributed by atoms with E-state index in [1.807, 2.05) is 38.1 Å². The minimum absolute atomic E-state index is 0.0256. The summed E-state index contributed by atoms with van der Waals surface area (Å²) < 4.78 is 0. The van der Waals surface area contributed by atoms with Gasteiger partial charge >= 0.3 is 0 Å². The fraction of sp³-hybridized carbons (Fsp3) is 0.417. The third-order valence-electron chi connectivity index (χ3n) is 2.15. The minimum Gasteiger partial charge on any atom is -0.396 e. The average molecular weight is 239 g/mol. The van der Waals surface area contributed by atoms with Gasteiger partial charge in [-0.25, -0.2) is 0 Å². The van der Waals surface area contributed by atoms with E-state index in [9.17, 15) is 4.79 Å². The van der Waals surface area contributed by atoms with Gasteiger partial charge in [-0.1, -0.05) is 17.7 Å². The molecule has 0 heterocycles. The Morgan fingerprint density at radius 1 is 1.44 bits per heavy atom. The maximum Gasteiger partial charge on any atom is 0.237 e. The number of aliphatic hydroxyl groups is 1. The van der Waals surface area contributed by atoms with E-state index in [0.29, 0.717) is 5.75 Å². The van der Waals surface area contributed by atoms with Gasteiger partial charge in [0.25, 0.3) is 0 Å². The largest absolute Gasteiger partial charge is 0.396 e. The van der Waals surface area contributed by atoms with Gasteiger partial charge in [0.05, 0.1) is 11.9 Å². The van der Waals surface area contributed by atoms with Crippen LogP contribution in [0.4, 0.5) is 5.69 Å². The smallest absolute Gasteiger partial charge is 0.237 e. The van der Waals surface area contributed by atoms with Gasteiger partial charge < -0.3 is 10.4 Å². The lowest BCUT2D eigenvalue weighted by Gasteiger charge is -2.11. The summed E-state index contributed by atoms with van der Waals surface area (Å²) in [6.07, 6.45) is 0. The fourth-order valence-electron chi connectivity index (χ4n) is 1.19. The van der Waals surface area contributed by atoms with Crippen LogP contribution in [0.15, 0.2) is 24.3 Å². The van der Waals surface area contributed by atoms with Crippen molar-refractivity contribution in [2.45, 2.75) is 19.1 Å². The van der Waals surface area contributed by atoms with Gasteiger partial charge in [-0.2, -0.15) is 0 Å². The molecular weight excluding hydrogens is 222 g/mol. The molecule has 0 aliphatic heterocycles. The Morgan fingerprint density at radius 3 is 2.62 bits per heavy atom. The summed E-state index contributed by atoms with van der Waals surface area (Å²) in [6, 6.07) is 7.69. The zero-order chi connectivity index (χ0) is 12.0. The van der Waals surface area contributed by atoms with Gasteiger partial charge in [-0.3, -0.25) is 4.79 Å². The standard InChI is InChI=1S/C12H17NO2S/c1-9-3-5-11(6-4-9)13-12(15)10(2)16-8-7-14/h3-6,10,14H,7-8H2,1-2H3,(H,13,15)/t10-/m0/s1. The van der Waals surface area contributed by atoms with Crippen molar-refractivity contribution in [2.75, 3.05) is 17.7 Å². The Bertz CT molecular complexity index is 337. The Kier molecular flexibility index (Phi) is 5.35. The number of hydrogen-bond acceptors (Lipinski definition) is 3. The van der Waals surface area contributed by atoms with E-state index in [2.05, 4.69) is 5.32 Å². The molecule has 1 atom stereocenters. The number of rotatable bonds is 5. The summed E-state index contributed by atoms with van der Waals surface area (Å²) in [4.78, 5) is 11.7. The van der Waals surface area contributed by atoms with Gasteiger partial charge in [-0.05, 0) is 26.0 Å². The van der Waals surface area contributed by atoms with Gasteiger partial charge in [0.2, 0.25) is 5.91 Å². The molecule has 0 spiro atoms. The van der Waals surface area contributed by atoms with E-state index in [0.717, 1.165) is 5.69 Å². The number of benzene rings is 1. The zero-order valence-electron chi connectivity index (χ0n) is 9.56. The number of anilines is 1. The van der Waals surface area contributed by atoms with E-state index >= 15 is 0 Å². The molecule has 1 aromatic rings.